The summed E-state index contributed by atoms with van der Waals surface area (Å²) < 4.78 is 36.9. The fourth-order valence-electron chi connectivity index (χ4n) is 0.978. The molecule has 0 amide bonds. The van der Waals surface area contributed by atoms with E-state index in [4.69, 9.17) is 5.84 Å². The largest absolute Gasteiger partial charge is 0.366 e. The van der Waals surface area contributed by atoms with E-state index in [-0.39, 0.29) is 24.9 Å². The van der Waals surface area contributed by atoms with Crippen LogP contribution in [0.1, 0.15) is 0 Å². The number of aromatic nitrogens is 2. The highest BCUT2D eigenvalue weighted by Gasteiger charge is 2.06. The summed E-state index contributed by atoms with van der Waals surface area (Å²) in [5.74, 6) is 4.42. The fourth-order valence-corrected chi connectivity index (χ4v) is 1.45. The van der Waals surface area contributed by atoms with E-state index in [1.54, 1.807) is 0 Å². The van der Waals surface area contributed by atoms with Gasteiger partial charge in [-0.3, -0.25) is 5.43 Å². The lowest BCUT2D eigenvalue weighted by atomic mass is 10.5. The monoisotopic (exact) mass is 264 g/mol. The summed E-state index contributed by atoms with van der Waals surface area (Å²) in [4.78, 5) is 7.27. The van der Waals surface area contributed by atoms with Crippen LogP contribution in [0.25, 0.3) is 0 Å². The predicted molar refractivity (Wildman–Crippen MR) is 61.1 cm³/mol. The van der Waals surface area contributed by atoms with Crippen molar-refractivity contribution in [2.24, 2.45) is 5.84 Å². The Labute approximate surface area is 97.9 Å². The normalized spacial score (nSPS) is 11.2. The van der Waals surface area contributed by atoms with Crippen LogP contribution >= 0.6 is 0 Å². The second kappa shape index (κ2) is 5.70. The fraction of sp³-hybridized carbons (Fsp3) is 0.429. The Hall–Kier alpha value is -1.52. The molecule has 0 aromatic carbocycles. The van der Waals surface area contributed by atoms with Crippen molar-refractivity contribution < 1.29 is 12.8 Å². The molecular formula is C7H13FN6O2S. The molecule has 17 heavy (non-hydrogen) atoms. The molecule has 0 aliphatic rings. The van der Waals surface area contributed by atoms with Crippen molar-refractivity contribution in [2.75, 3.05) is 30.1 Å². The molecule has 0 saturated heterocycles. The molecule has 1 rings (SSSR count). The Bertz CT molecular complexity index is 479. The van der Waals surface area contributed by atoms with Crippen molar-refractivity contribution in [3.05, 3.63) is 12.0 Å². The van der Waals surface area contributed by atoms with E-state index in [0.717, 1.165) is 12.5 Å². The lowest BCUT2D eigenvalue weighted by Gasteiger charge is -2.07. The van der Waals surface area contributed by atoms with Crippen LogP contribution in [0.2, 0.25) is 0 Å². The highest BCUT2D eigenvalue weighted by Crippen LogP contribution is 2.10. The summed E-state index contributed by atoms with van der Waals surface area (Å²) in [6, 6.07) is 0. The van der Waals surface area contributed by atoms with Crippen LogP contribution in [-0.2, 0) is 10.0 Å². The van der Waals surface area contributed by atoms with Crippen LogP contribution < -0.4 is 21.3 Å². The molecule has 0 fully saturated rings. The molecule has 0 saturated carbocycles. The predicted octanol–water partition coefficient (Wildman–Crippen LogP) is -1.14. The first-order valence-corrected chi connectivity index (χ1v) is 6.49. The lowest BCUT2D eigenvalue weighted by Crippen LogP contribution is -2.28. The SMILES string of the molecule is CS(=O)(=O)NCCNc1nc(NN)ncc1F. The number of hydrogen-bond donors (Lipinski definition) is 4. The third-order valence-electron chi connectivity index (χ3n) is 1.65. The van der Waals surface area contributed by atoms with Gasteiger partial charge in [0.1, 0.15) is 0 Å². The van der Waals surface area contributed by atoms with E-state index in [1.807, 2.05) is 0 Å². The highest BCUT2D eigenvalue weighted by molar-refractivity contribution is 7.88. The van der Waals surface area contributed by atoms with Gasteiger partial charge in [-0.1, -0.05) is 0 Å². The third-order valence-corrected chi connectivity index (χ3v) is 2.38. The third kappa shape index (κ3) is 4.89. The van der Waals surface area contributed by atoms with Crippen molar-refractivity contribution in [3.8, 4) is 0 Å². The van der Waals surface area contributed by atoms with Crippen LogP contribution in [0, 0.1) is 5.82 Å². The molecule has 0 radical (unpaired) electrons. The lowest BCUT2D eigenvalue weighted by molar-refractivity contribution is 0.588. The first-order chi connectivity index (χ1) is 7.92. The molecule has 8 nitrogen and oxygen atoms in total. The Morgan fingerprint density at radius 1 is 1.47 bits per heavy atom. The van der Waals surface area contributed by atoms with Gasteiger partial charge in [0.2, 0.25) is 16.0 Å². The standard InChI is InChI=1S/C7H13FN6O2S/c1-17(15,16)12-3-2-10-6-5(8)4-11-7(13-6)14-9/h4,12H,2-3,9H2,1H3,(H2,10,11,13,14). The minimum atomic E-state index is -3.25. The molecule has 10 heteroatoms. The number of halogens is 1. The van der Waals surface area contributed by atoms with Gasteiger partial charge in [-0.2, -0.15) is 4.98 Å². The van der Waals surface area contributed by atoms with Gasteiger partial charge in [-0.25, -0.2) is 28.4 Å². The topological polar surface area (TPSA) is 122 Å². The number of hydrogen-bond acceptors (Lipinski definition) is 7. The molecular weight excluding hydrogens is 251 g/mol. The first kappa shape index (κ1) is 13.5. The molecule has 0 unspecified atom stereocenters. The number of nitrogens with zero attached hydrogens (tertiary/aromatic N) is 2. The molecule has 0 spiro atoms. The van der Waals surface area contributed by atoms with E-state index in [2.05, 4.69) is 25.4 Å². The summed E-state index contributed by atoms with van der Waals surface area (Å²) in [6.45, 7) is 0.304. The van der Waals surface area contributed by atoms with Gasteiger partial charge in [0, 0.05) is 13.1 Å². The quantitative estimate of drug-likeness (QED) is 0.291. The number of nitrogens with two attached hydrogens (primary N) is 1. The average Bonchev–Trinajstić information content (AvgIpc) is 2.25. The maximum Gasteiger partial charge on any atom is 0.239 e. The van der Waals surface area contributed by atoms with E-state index < -0.39 is 15.8 Å². The zero-order chi connectivity index (χ0) is 12.9. The average molecular weight is 264 g/mol. The summed E-state index contributed by atoms with van der Waals surface area (Å²) in [5.41, 5.74) is 2.17. The minimum Gasteiger partial charge on any atom is -0.366 e. The Balaban J connectivity index is 2.51. The van der Waals surface area contributed by atoms with E-state index in [9.17, 15) is 12.8 Å². The van der Waals surface area contributed by atoms with E-state index in [0.29, 0.717) is 0 Å². The van der Waals surface area contributed by atoms with E-state index >= 15 is 0 Å². The van der Waals surface area contributed by atoms with Gasteiger partial charge < -0.3 is 5.32 Å². The summed E-state index contributed by atoms with van der Waals surface area (Å²) in [6.07, 6.45) is 1.99. The maximum atomic E-state index is 13.2. The highest BCUT2D eigenvalue weighted by atomic mass is 32.2. The number of anilines is 2. The zero-order valence-corrected chi connectivity index (χ0v) is 9.88. The van der Waals surface area contributed by atoms with Crippen LogP contribution in [0.3, 0.4) is 0 Å². The van der Waals surface area contributed by atoms with Gasteiger partial charge in [0.15, 0.2) is 11.6 Å². The van der Waals surface area contributed by atoms with Gasteiger partial charge in [-0.15, -0.1) is 0 Å². The molecule has 1 aromatic heterocycles. The second-order valence-electron chi connectivity index (χ2n) is 3.13. The molecule has 5 N–H and O–H groups in total. The Morgan fingerprint density at radius 3 is 2.76 bits per heavy atom. The second-order valence-corrected chi connectivity index (χ2v) is 4.96. The minimum absolute atomic E-state index is 0.0525. The number of nitrogen functional groups attached to an aromatic ring is 1. The van der Waals surface area contributed by atoms with Gasteiger partial charge in [-0.05, 0) is 0 Å². The van der Waals surface area contributed by atoms with Gasteiger partial charge in [0.25, 0.3) is 0 Å². The van der Waals surface area contributed by atoms with Crippen molar-refractivity contribution in [3.63, 3.8) is 0 Å². The van der Waals surface area contributed by atoms with Crippen LogP contribution in [0.15, 0.2) is 6.20 Å². The number of nitrogens with one attached hydrogen (secondary N) is 3. The molecule has 0 aliphatic heterocycles. The number of hydrazine groups is 1. The molecule has 0 atom stereocenters. The summed E-state index contributed by atoms with van der Waals surface area (Å²) in [5, 5.41) is 2.61. The molecule has 1 heterocycles. The van der Waals surface area contributed by atoms with Crippen molar-refractivity contribution in [1.29, 1.82) is 0 Å². The van der Waals surface area contributed by atoms with Crippen LogP contribution in [-0.4, -0.2) is 37.7 Å². The van der Waals surface area contributed by atoms with Crippen LogP contribution in [0.5, 0.6) is 0 Å². The van der Waals surface area contributed by atoms with E-state index in [1.165, 1.54) is 0 Å². The molecule has 1 aromatic rings. The summed E-state index contributed by atoms with van der Waals surface area (Å²) in [7, 11) is -3.25. The Kier molecular flexibility index (Phi) is 4.54. The maximum absolute atomic E-state index is 13.2. The van der Waals surface area contributed by atoms with Crippen molar-refractivity contribution in [1.82, 2.24) is 14.7 Å². The molecule has 0 bridgehead atoms. The number of sulfonamides is 1. The zero-order valence-electron chi connectivity index (χ0n) is 9.07. The van der Waals surface area contributed by atoms with Crippen molar-refractivity contribution in [2.45, 2.75) is 0 Å². The Morgan fingerprint density at radius 2 is 2.18 bits per heavy atom. The van der Waals surface area contributed by atoms with Crippen LogP contribution in [0.4, 0.5) is 16.2 Å². The smallest absolute Gasteiger partial charge is 0.239 e. The van der Waals surface area contributed by atoms with Crippen molar-refractivity contribution >= 4 is 21.8 Å². The molecule has 96 valence electrons. The van der Waals surface area contributed by atoms with Gasteiger partial charge >= 0.3 is 0 Å². The summed E-state index contributed by atoms with van der Waals surface area (Å²) >= 11 is 0. The van der Waals surface area contributed by atoms with Gasteiger partial charge in [0.05, 0.1) is 12.5 Å². The molecule has 0 aliphatic carbocycles. The number of rotatable bonds is 6. The first-order valence-electron chi connectivity index (χ1n) is 4.60.